The van der Waals surface area contributed by atoms with Gasteiger partial charge in [-0.1, -0.05) is 42.5 Å². The molecule has 0 spiro atoms. The van der Waals surface area contributed by atoms with Crippen molar-refractivity contribution in [1.29, 1.82) is 0 Å². The number of ether oxygens (including phenoxy) is 6. The van der Waals surface area contributed by atoms with E-state index in [1.165, 1.54) is 0 Å². The van der Waals surface area contributed by atoms with Crippen LogP contribution in [0.3, 0.4) is 0 Å². The molecule has 1 aliphatic rings. The standard InChI is InChI=1S/C39H48O9/c1-6-43-37(41)20-18-30-12-10-11-29(39(30)48-27(4)24-38(42)44-7-2)15-16-31(28(5)40)23-26(3)47-34-14-9-8-13-33(34)32-17-19-35-36(25-32)46-22-21-45-35/h8-14,17,19,25-27,31H,6-7,15-16,18,20-24H2,1-5H3. The molecule has 258 valence electrons. The van der Waals surface area contributed by atoms with Gasteiger partial charge in [0.25, 0.3) is 0 Å². The number of carbonyl (C=O) groups excluding carboxylic acids is 3. The fourth-order valence-corrected chi connectivity index (χ4v) is 5.85. The first-order valence-corrected chi connectivity index (χ1v) is 16.9. The van der Waals surface area contributed by atoms with Crippen LogP contribution in [0.1, 0.15) is 71.4 Å². The van der Waals surface area contributed by atoms with Crippen LogP contribution >= 0.6 is 0 Å². The van der Waals surface area contributed by atoms with Crippen LogP contribution in [0.25, 0.3) is 11.1 Å². The second kappa shape index (κ2) is 18.1. The van der Waals surface area contributed by atoms with Gasteiger partial charge in [-0.05, 0) is 95.2 Å². The van der Waals surface area contributed by atoms with Crippen molar-refractivity contribution in [2.75, 3.05) is 26.4 Å². The fourth-order valence-electron chi connectivity index (χ4n) is 5.85. The van der Waals surface area contributed by atoms with Crippen LogP contribution in [0.4, 0.5) is 0 Å². The summed E-state index contributed by atoms with van der Waals surface area (Å²) in [6.45, 7) is 10.6. The molecule has 1 aliphatic heterocycles. The van der Waals surface area contributed by atoms with Gasteiger partial charge >= 0.3 is 11.9 Å². The quantitative estimate of drug-likeness (QED) is 0.130. The third kappa shape index (κ3) is 10.5. The number of carbonyl (C=O) groups is 3. The van der Waals surface area contributed by atoms with Gasteiger partial charge in [-0.25, -0.2) is 0 Å². The van der Waals surface area contributed by atoms with Crippen molar-refractivity contribution < 1.29 is 42.8 Å². The number of hydrogen-bond donors (Lipinski definition) is 0. The summed E-state index contributed by atoms with van der Waals surface area (Å²) in [5.41, 5.74) is 3.65. The average Bonchev–Trinajstić information content (AvgIpc) is 3.06. The van der Waals surface area contributed by atoms with Gasteiger partial charge in [-0.15, -0.1) is 0 Å². The SMILES string of the molecule is CCOC(=O)CCc1cccc(CCC(CC(C)Oc2ccccc2-c2ccc3c(c2)OCCO3)C(C)=O)c1OC(C)CC(=O)OCC. The maximum atomic E-state index is 12.9. The van der Waals surface area contributed by atoms with E-state index in [-0.39, 0.29) is 42.6 Å². The topological polar surface area (TPSA) is 107 Å². The predicted octanol–water partition coefficient (Wildman–Crippen LogP) is 7.34. The fraction of sp³-hybridized carbons (Fsp3) is 0.462. The van der Waals surface area contributed by atoms with Gasteiger partial charge in [0.2, 0.25) is 0 Å². The molecule has 48 heavy (non-hydrogen) atoms. The van der Waals surface area contributed by atoms with Crippen LogP contribution in [-0.2, 0) is 36.7 Å². The van der Waals surface area contributed by atoms with E-state index < -0.39 is 6.10 Å². The highest BCUT2D eigenvalue weighted by atomic mass is 16.6. The molecule has 0 saturated carbocycles. The zero-order valence-electron chi connectivity index (χ0n) is 28.8. The van der Waals surface area contributed by atoms with Gasteiger partial charge in [0.15, 0.2) is 11.5 Å². The Kier molecular flexibility index (Phi) is 13.7. The second-order valence-corrected chi connectivity index (χ2v) is 12.0. The first kappa shape index (κ1) is 36.3. The minimum Gasteiger partial charge on any atom is -0.490 e. The third-order valence-corrected chi connectivity index (χ3v) is 8.18. The second-order valence-electron chi connectivity index (χ2n) is 12.0. The van der Waals surface area contributed by atoms with Crippen LogP contribution in [-0.4, -0.2) is 56.4 Å². The Hall–Kier alpha value is -4.53. The van der Waals surface area contributed by atoms with Crippen LogP contribution in [0.2, 0.25) is 0 Å². The number of fused-ring (bicyclic) bond motifs is 1. The lowest BCUT2D eigenvalue weighted by atomic mass is 9.90. The number of esters is 2. The maximum Gasteiger partial charge on any atom is 0.309 e. The molecule has 0 N–H and O–H groups in total. The van der Waals surface area contributed by atoms with Crippen molar-refractivity contribution in [3.8, 4) is 34.1 Å². The molecule has 0 bridgehead atoms. The number of rotatable bonds is 18. The van der Waals surface area contributed by atoms with Crippen molar-refractivity contribution in [3.63, 3.8) is 0 Å². The molecule has 0 fully saturated rings. The minimum atomic E-state index is -0.446. The largest absolute Gasteiger partial charge is 0.490 e. The molecule has 9 heteroatoms. The molecule has 0 amide bonds. The molecular weight excluding hydrogens is 612 g/mol. The van der Waals surface area contributed by atoms with Gasteiger partial charge in [-0.3, -0.25) is 14.4 Å². The van der Waals surface area contributed by atoms with Crippen molar-refractivity contribution in [2.24, 2.45) is 5.92 Å². The Morgan fingerprint density at radius 1 is 0.771 bits per heavy atom. The Morgan fingerprint density at radius 3 is 2.19 bits per heavy atom. The lowest BCUT2D eigenvalue weighted by Gasteiger charge is -2.24. The van der Waals surface area contributed by atoms with Crippen molar-refractivity contribution in [3.05, 3.63) is 71.8 Å². The number of aryl methyl sites for hydroxylation is 2. The zero-order chi connectivity index (χ0) is 34.5. The average molecular weight is 661 g/mol. The Bertz CT molecular complexity index is 1530. The highest BCUT2D eigenvalue weighted by Gasteiger charge is 2.23. The third-order valence-electron chi connectivity index (χ3n) is 8.18. The first-order valence-electron chi connectivity index (χ1n) is 16.9. The van der Waals surface area contributed by atoms with Crippen molar-refractivity contribution >= 4 is 17.7 Å². The number of benzene rings is 3. The Labute approximate surface area is 283 Å². The molecule has 1 heterocycles. The summed E-state index contributed by atoms with van der Waals surface area (Å²) in [5, 5.41) is 0. The molecule has 0 saturated heterocycles. The number of hydrogen-bond acceptors (Lipinski definition) is 9. The molecule has 4 rings (SSSR count). The zero-order valence-corrected chi connectivity index (χ0v) is 28.8. The smallest absolute Gasteiger partial charge is 0.309 e. The van der Waals surface area contributed by atoms with Gasteiger partial charge in [0.05, 0.1) is 25.7 Å². The van der Waals surface area contributed by atoms with E-state index in [9.17, 15) is 14.4 Å². The lowest BCUT2D eigenvalue weighted by molar-refractivity contribution is -0.145. The highest BCUT2D eigenvalue weighted by Crippen LogP contribution is 2.38. The first-order chi connectivity index (χ1) is 23.2. The van der Waals surface area contributed by atoms with Gasteiger partial charge < -0.3 is 28.4 Å². The molecule has 9 nitrogen and oxygen atoms in total. The highest BCUT2D eigenvalue weighted by molar-refractivity contribution is 5.78. The summed E-state index contributed by atoms with van der Waals surface area (Å²) in [5.74, 6) is 2.01. The minimum absolute atomic E-state index is 0.0854. The normalized spacial score (nSPS) is 13.9. The summed E-state index contributed by atoms with van der Waals surface area (Å²) in [6, 6.07) is 19.6. The van der Waals surface area contributed by atoms with E-state index in [0.29, 0.717) is 63.6 Å². The molecule has 3 aromatic carbocycles. The van der Waals surface area contributed by atoms with Gasteiger partial charge in [0.1, 0.15) is 36.6 Å². The summed E-state index contributed by atoms with van der Waals surface area (Å²) in [4.78, 5) is 37.2. The Morgan fingerprint density at radius 2 is 1.46 bits per heavy atom. The van der Waals surface area contributed by atoms with Crippen LogP contribution < -0.4 is 18.9 Å². The van der Waals surface area contributed by atoms with E-state index in [0.717, 1.165) is 33.8 Å². The van der Waals surface area contributed by atoms with Crippen molar-refractivity contribution in [1.82, 2.24) is 0 Å². The van der Waals surface area contributed by atoms with E-state index >= 15 is 0 Å². The summed E-state index contributed by atoms with van der Waals surface area (Å²) in [6.07, 6.45) is 1.72. The number of ketones is 1. The predicted molar refractivity (Wildman–Crippen MR) is 183 cm³/mol. The number of para-hydroxylation sites is 2. The molecule has 0 aliphatic carbocycles. The van der Waals surface area contributed by atoms with E-state index in [1.54, 1.807) is 20.8 Å². The molecule has 3 atom stereocenters. The maximum absolute atomic E-state index is 12.9. The van der Waals surface area contributed by atoms with Crippen molar-refractivity contribution in [2.45, 2.75) is 85.4 Å². The molecular formula is C39H48O9. The lowest BCUT2D eigenvalue weighted by Crippen LogP contribution is -2.23. The van der Waals surface area contributed by atoms with Crippen LogP contribution in [0, 0.1) is 5.92 Å². The molecule has 0 aromatic heterocycles. The summed E-state index contributed by atoms with van der Waals surface area (Å²) < 4.78 is 34.5. The molecule has 3 aromatic rings. The molecule has 0 radical (unpaired) electrons. The van der Waals surface area contributed by atoms with Gasteiger partial charge in [0, 0.05) is 17.9 Å². The van der Waals surface area contributed by atoms with E-state index in [1.807, 2.05) is 74.5 Å². The summed E-state index contributed by atoms with van der Waals surface area (Å²) >= 11 is 0. The van der Waals surface area contributed by atoms with E-state index in [2.05, 4.69) is 0 Å². The Balaban J connectivity index is 1.47. The van der Waals surface area contributed by atoms with Gasteiger partial charge in [-0.2, -0.15) is 0 Å². The number of Topliss-reactive ketones (excluding diaryl/α,β-unsaturated/α-hetero) is 1. The molecule has 3 unspecified atom stereocenters. The summed E-state index contributed by atoms with van der Waals surface area (Å²) in [7, 11) is 0. The monoisotopic (exact) mass is 660 g/mol. The van der Waals surface area contributed by atoms with Crippen LogP contribution in [0.15, 0.2) is 60.7 Å². The van der Waals surface area contributed by atoms with Crippen LogP contribution in [0.5, 0.6) is 23.0 Å². The van der Waals surface area contributed by atoms with E-state index in [4.69, 9.17) is 28.4 Å².